The second kappa shape index (κ2) is 7.67. The maximum Gasteiger partial charge on any atom is 0.228 e. The van der Waals surface area contributed by atoms with E-state index in [1.165, 1.54) is 0 Å². The quantitative estimate of drug-likeness (QED) is 0.507. The van der Waals surface area contributed by atoms with E-state index in [0.717, 1.165) is 39.2 Å². The number of nitrogens with one attached hydrogen (secondary N) is 1. The number of rotatable bonds is 3. The van der Waals surface area contributed by atoms with Crippen molar-refractivity contribution in [2.75, 3.05) is 23.3 Å². The molecule has 2 aromatic carbocycles. The Balaban J connectivity index is 1.55. The topological polar surface area (TPSA) is 82.8 Å². The van der Waals surface area contributed by atoms with Gasteiger partial charge in [-0.05, 0) is 35.7 Å². The highest BCUT2D eigenvalue weighted by molar-refractivity contribution is 6.01. The van der Waals surface area contributed by atoms with Crippen LogP contribution in [0.1, 0.15) is 12.0 Å². The summed E-state index contributed by atoms with van der Waals surface area (Å²) in [4.78, 5) is 18.2. The van der Waals surface area contributed by atoms with Gasteiger partial charge in [-0.15, -0.1) is 0 Å². The zero-order valence-corrected chi connectivity index (χ0v) is 17.8. The van der Waals surface area contributed by atoms with Crippen LogP contribution in [-0.4, -0.2) is 51.0 Å². The number of anilines is 2. The first-order chi connectivity index (χ1) is 16.1. The fourth-order valence-corrected chi connectivity index (χ4v) is 4.72. The van der Waals surface area contributed by atoms with Crippen molar-refractivity contribution in [1.29, 1.82) is 0 Å². The number of aliphatic hydroxyl groups excluding tert-OH is 1. The summed E-state index contributed by atoms with van der Waals surface area (Å²) < 4.78 is 16.1. The van der Waals surface area contributed by atoms with Crippen molar-refractivity contribution in [3.8, 4) is 22.4 Å². The number of aromatic nitrogens is 3. The molecule has 2 aliphatic rings. The Bertz CT molecular complexity index is 1370. The minimum Gasteiger partial charge on any atom is -0.390 e. The van der Waals surface area contributed by atoms with Gasteiger partial charge in [0.15, 0.2) is 0 Å². The second-order valence-corrected chi connectivity index (χ2v) is 8.55. The Labute approximate surface area is 189 Å². The monoisotopic (exact) mass is 443 g/mol. The van der Waals surface area contributed by atoms with Crippen LogP contribution in [0, 0.1) is 0 Å². The lowest BCUT2D eigenvalue weighted by Crippen LogP contribution is -2.45. The molecule has 1 amide bonds. The number of fused-ring (bicyclic) bond motifs is 2. The van der Waals surface area contributed by atoms with Gasteiger partial charge in [0.2, 0.25) is 11.9 Å². The van der Waals surface area contributed by atoms with Crippen LogP contribution in [0.25, 0.3) is 27.9 Å². The molecule has 4 heterocycles. The molecular formula is C25H22FN5O2. The molecule has 166 valence electrons. The predicted octanol–water partition coefficient (Wildman–Crippen LogP) is 3.47. The number of piperidine rings is 1. The Kier molecular flexibility index (Phi) is 4.62. The van der Waals surface area contributed by atoms with E-state index in [2.05, 4.69) is 10.3 Å². The number of carbonyl (C=O) groups excluding carboxylic acids is 1. The summed E-state index contributed by atoms with van der Waals surface area (Å²) in [7, 11) is 0. The molecule has 1 fully saturated rings. The molecule has 6 rings (SSSR count). The maximum atomic E-state index is 14.3. The van der Waals surface area contributed by atoms with Crippen LogP contribution >= 0.6 is 0 Å². The second-order valence-electron chi connectivity index (χ2n) is 8.55. The zero-order valence-electron chi connectivity index (χ0n) is 17.8. The molecular weight excluding hydrogens is 421 g/mol. The summed E-state index contributed by atoms with van der Waals surface area (Å²) in [5, 5.41) is 17.6. The van der Waals surface area contributed by atoms with Gasteiger partial charge in [0.25, 0.3) is 0 Å². The lowest BCUT2D eigenvalue weighted by Gasteiger charge is -2.32. The predicted molar refractivity (Wildman–Crippen MR) is 124 cm³/mol. The maximum absolute atomic E-state index is 14.3. The Morgan fingerprint density at radius 1 is 1.09 bits per heavy atom. The lowest BCUT2D eigenvalue weighted by molar-refractivity contribution is -0.115. The number of amides is 1. The van der Waals surface area contributed by atoms with Crippen LogP contribution < -0.4 is 10.2 Å². The first kappa shape index (κ1) is 19.9. The molecule has 0 aliphatic carbocycles. The number of hydrogen-bond donors (Lipinski definition) is 2. The van der Waals surface area contributed by atoms with E-state index in [1.807, 2.05) is 59.5 Å². The van der Waals surface area contributed by atoms with Crippen molar-refractivity contribution in [2.24, 2.45) is 0 Å². The van der Waals surface area contributed by atoms with Crippen LogP contribution in [0.3, 0.4) is 0 Å². The molecule has 0 saturated carbocycles. The Hall–Kier alpha value is -3.78. The highest BCUT2D eigenvalue weighted by Gasteiger charge is 2.30. The molecule has 4 aromatic rings. The molecule has 1 saturated heterocycles. The van der Waals surface area contributed by atoms with Gasteiger partial charge < -0.3 is 15.3 Å². The van der Waals surface area contributed by atoms with E-state index in [1.54, 1.807) is 10.7 Å². The van der Waals surface area contributed by atoms with Gasteiger partial charge in [0, 0.05) is 29.6 Å². The summed E-state index contributed by atoms with van der Waals surface area (Å²) in [6.07, 6.45) is 0.119. The normalized spacial score (nSPS) is 20.2. The summed E-state index contributed by atoms with van der Waals surface area (Å²) in [6.45, 7) is 0.561. The number of halogens is 1. The molecule has 2 N–H and O–H groups in total. The van der Waals surface area contributed by atoms with E-state index in [9.17, 15) is 14.3 Å². The van der Waals surface area contributed by atoms with Crippen LogP contribution in [-0.2, 0) is 11.2 Å². The van der Waals surface area contributed by atoms with E-state index in [-0.39, 0.29) is 12.5 Å². The van der Waals surface area contributed by atoms with Gasteiger partial charge in [0.1, 0.15) is 11.9 Å². The number of benzene rings is 2. The molecule has 2 aliphatic heterocycles. The standard InChI is InChI=1S/C25H22FN5O2/c26-18-14-30(11-9-21(18)32)25-27-10-8-20-23(16-6-7-19-17(12-16)13-22(33)28-19)24(29-31(20)25)15-4-2-1-3-5-15/h1-8,10,12,18,21,32H,9,11,13-14H2,(H,28,33)/t18-,21-/m0/s1. The SMILES string of the molecule is O=C1Cc2cc(-c3c(-c4ccccc4)nn4c(N5CC[C@H](O)[C@@H](F)C5)nccc34)ccc2N1. The molecule has 7 nitrogen and oxygen atoms in total. The minimum atomic E-state index is -1.33. The zero-order chi connectivity index (χ0) is 22.5. The van der Waals surface area contributed by atoms with Crippen molar-refractivity contribution in [3.05, 3.63) is 66.4 Å². The van der Waals surface area contributed by atoms with Gasteiger partial charge >= 0.3 is 0 Å². The number of aliphatic hydroxyl groups is 1. The van der Waals surface area contributed by atoms with Crippen molar-refractivity contribution < 1.29 is 14.3 Å². The highest BCUT2D eigenvalue weighted by atomic mass is 19.1. The van der Waals surface area contributed by atoms with Crippen molar-refractivity contribution in [2.45, 2.75) is 25.1 Å². The Morgan fingerprint density at radius 2 is 1.94 bits per heavy atom. The molecule has 33 heavy (non-hydrogen) atoms. The summed E-state index contributed by atoms with van der Waals surface area (Å²) in [5.74, 6) is 0.535. The van der Waals surface area contributed by atoms with Gasteiger partial charge in [0.05, 0.1) is 24.6 Å². The summed E-state index contributed by atoms with van der Waals surface area (Å²) in [6, 6.07) is 17.8. The van der Waals surface area contributed by atoms with Gasteiger partial charge in [-0.3, -0.25) is 4.79 Å². The van der Waals surface area contributed by atoms with E-state index in [0.29, 0.717) is 25.3 Å². The van der Waals surface area contributed by atoms with Crippen LogP contribution in [0.15, 0.2) is 60.8 Å². The summed E-state index contributed by atoms with van der Waals surface area (Å²) >= 11 is 0. The largest absolute Gasteiger partial charge is 0.390 e. The fourth-order valence-electron chi connectivity index (χ4n) is 4.72. The van der Waals surface area contributed by atoms with Crippen molar-refractivity contribution in [1.82, 2.24) is 14.6 Å². The molecule has 0 bridgehead atoms. The average Bonchev–Trinajstić information content (AvgIpc) is 3.40. The van der Waals surface area contributed by atoms with Crippen molar-refractivity contribution in [3.63, 3.8) is 0 Å². The van der Waals surface area contributed by atoms with Crippen molar-refractivity contribution >= 4 is 23.1 Å². The molecule has 0 radical (unpaired) electrons. The third kappa shape index (κ3) is 3.34. The number of carbonyl (C=O) groups is 1. The smallest absolute Gasteiger partial charge is 0.228 e. The van der Waals surface area contributed by atoms with E-state index < -0.39 is 12.3 Å². The number of alkyl halides is 1. The minimum absolute atomic E-state index is 0.00940. The molecule has 0 spiro atoms. The molecule has 8 heteroatoms. The van der Waals surface area contributed by atoms with E-state index >= 15 is 0 Å². The van der Waals surface area contributed by atoms with E-state index in [4.69, 9.17) is 5.10 Å². The molecule has 2 aromatic heterocycles. The first-order valence-corrected chi connectivity index (χ1v) is 11.0. The fraction of sp³-hybridized carbons (Fsp3) is 0.240. The third-order valence-corrected chi connectivity index (χ3v) is 6.39. The van der Waals surface area contributed by atoms with Gasteiger partial charge in [-0.2, -0.15) is 9.61 Å². The molecule has 0 unspecified atom stereocenters. The van der Waals surface area contributed by atoms with Gasteiger partial charge in [-0.1, -0.05) is 36.4 Å². The Morgan fingerprint density at radius 3 is 2.76 bits per heavy atom. The third-order valence-electron chi connectivity index (χ3n) is 6.39. The number of hydrogen-bond acceptors (Lipinski definition) is 5. The summed E-state index contributed by atoms with van der Waals surface area (Å²) in [5.41, 5.74) is 6.26. The van der Waals surface area contributed by atoms with Gasteiger partial charge in [-0.25, -0.2) is 9.37 Å². The van der Waals surface area contributed by atoms with Crippen LogP contribution in [0.5, 0.6) is 0 Å². The lowest BCUT2D eigenvalue weighted by atomic mass is 9.97. The van der Waals surface area contributed by atoms with Crippen LogP contribution in [0.2, 0.25) is 0 Å². The van der Waals surface area contributed by atoms with Crippen LogP contribution in [0.4, 0.5) is 16.0 Å². The highest BCUT2D eigenvalue weighted by Crippen LogP contribution is 2.38. The first-order valence-electron chi connectivity index (χ1n) is 11.0. The average molecular weight is 443 g/mol. The molecule has 2 atom stereocenters. The number of nitrogens with zero attached hydrogens (tertiary/aromatic N) is 4.